The maximum atomic E-state index is 13.3. The Labute approximate surface area is 185 Å². The summed E-state index contributed by atoms with van der Waals surface area (Å²) in [4.78, 5) is 26.3. The van der Waals surface area contributed by atoms with Crippen molar-refractivity contribution >= 4 is 38.4 Å². The number of furan rings is 1. The van der Waals surface area contributed by atoms with Gasteiger partial charge in [-0.15, -0.1) is 0 Å². The summed E-state index contributed by atoms with van der Waals surface area (Å²) in [5.41, 5.74) is 1.44. The number of para-hydroxylation sites is 2. The molecule has 2 aromatic carbocycles. The molecule has 0 fully saturated rings. The standard InChI is InChI=1S/C23H20N4O4S/c1-26-13-14-27(22-21(26)24-18-9-5-6-10-19(18)25-22)23(28)20-12-11-16(31-20)15-32(29,30)17-7-3-2-4-8-17/h2-12H,13-15H2,1H3. The van der Waals surface area contributed by atoms with Gasteiger partial charge in [0.15, 0.2) is 27.2 Å². The van der Waals surface area contributed by atoms with E-state index in [2.05, 4.69) is 9.97 Å². The Balaban J connectivity index is 1.44. The number of likely N-dealkylation sites (N-methyl/N-ethyl adjacent to an activating group) is 1. The first kappa shape index (κ1) is 20.2. The quantitative estimate of drug-likeness (QED) is 0.473. The van der Waals surface area contributed by atoms with E-state index in [9.17, 15) is 13.2 Å². The molecule has 1 amide bonds. The van der Waals surface area contributed by atoms with Crippen LogP contribution >= 0.6 is 0 Å². The number of benzene rings is 2. The molecular formula is C23H20N4O4S. The third-order valence-electron chi connectivity index (χ3n) is 5.36. The zero-order chi connectivity index (χ0) is 22.3. The summed E-state index contributed by atoms with van der Waals surface area (Å²) < 4.78 is 30.9. The van der Waals surface area contributed by atoms with Gasteiger partial charge in [-0.3, -0.25) is 9.69 Å². The van der Waals surface area contributed by atoms with E-state index in [-0.39, 0.29) is 28.1 Å². The fourth-order valence-electron chi connectivity index (χ4n) is 3.68. The Morgan fingerprint density at radius 3 is 2.28 bits per heavy atom. The highest BCUT2D eigenvalue weighted by Crippen LogP contribution is 2.32. The summed E-state index contributed by atoms with van der Waals surface area (Å²) in [6.45, 7) is 0.995. The highest BCUT2D eigenvalue weighted by molar-refractivity contribution is 7.90. The first-order valence-corrected chi connectivity index (χ1v) is 11.7. The first-order valence-electron chi connectivity index (χ1n) is 10.1. The lowest BCUT2D eigenvalue weighted by Crippen LogP contribution is -2.43. The van der Waals surface area contributed by atoms with Crippen LogP contribution in [-0.4, -0.2) is 44.4 Å². The Hall–Kier alpha value is -3.72. The molecule has 2 aromatic heterocycles. The monoisotopic (exact) mass is 448 g/mol. The van der Waals surface area contributed by atoms with Crippen molar-refractivity contribution in [3.8, 4) is 0 Å². The van der Waals surface area contributed by atoms with Gasteiger partial charge in [0.1, 0.15) is 11.5 Å². The van der Waals surface area contributed by atoms with E-state index < -0.39 is 9.84 Å². The normalized spacial score (nSPS) is 13.9. The molecule has 0 atom stereocenters. The summed E-state index contributed by atoms with van der Waals surface area (Å²) in [6.07, 6.45) is 0. The fourth-order valence-corrected chi connectivity index (χ4v) is 4.95. The number of anilines is 2. The topological polar surface area (TPSA) is 96.6 Å². The Morgan fingerprint density at radius 2 is 1.56 bits per heavy atom. The average Bonchev–Trinajstić information content (AvgIpc) is 3.26. The molecule has 0 N–H and O–H groups in total. The molecule has 0 unspecified atom stereocenters. The van der Waals surface area contributed by atoms with E-state index in [0.717, 1.165) is 5.52 Å². The van der Waals surface area contributed by atoms with Crippen molar-refractivity contribution in [1.82, 2.24) is 9.97 Å². The van der Waals surface area contributed by atoms with Gasteiger partial charge in [0.25, 0.3) is 5.91 Å². The van der Waals surface area contributed by atoms with Gasteiger partial charge in [0.05, 0.1) is 15.9 Å². The van der Waals surface area contributed by atoms with Crippen LogP contribution in [0.4, 0.5) is 11.6 Å². The van der Waals surface area contributed by atoms with Crippen molar-refractivity contribution in [3.63, 3.8) is 0 Å². The molecule has 0 bridgehead atoms. The van der Waals surface area contributed by atoms with Crippen LogP contribution in [0, 0.1) is 0 Å². The maximum Gasteiger partial charge on any atom is 0.295 e. The van der Waals surface area contributed by atoms with Crippen LogP contribution < -0.4 is 9.80 Å². The molecule has 1 aliphatic heterocycles. The molecule has 1 aliphatic rings. The molecule has 8 nitrogen and oxygen atoms in total. The van der Waals surface area contributed by atoms with Crippen molar-refractivity contribution < 1.29 is 17.6 Å². The number of rotatable bonds is 4. The van der Waals surface area contributed by atoms with Crippen molar-refractivity contribution in [3.05, 3.63) is 78.3 Å². The summed E-state index contributed by atoms with van der Waals surface area (Å²) in [5.74, 6) is 0.629. The minimum absolute atomic E-state index is 0.0636. The van der Waals surface area contributed by atoms with E-state index in [1.165, 1.54) is 29.2 Å². The molecule has 4 aromatic rings. The van der Waals surface area contributed by atoms with Crippen molar-refractivity contribution in [1.29, 1.82) is 0 Å². The summed E-state index contributed by atoms with van der Waals surface area (Å²) in [5, 5.41) is 0. The average molecular weight is 449 g/mol. The molecule has 0 saturated heterocycles. The number of nitrogens with zero attached hydrogens (tertiary/aromatic N) is 4. The molecule has 162 valence electrons. The molecular weight excluding hydrogens is 428 g/mol. The van der Waals surface area contributed by atoms with Gasteiger partial charge in [0, 0.05) is 20.1 Å². The number of fused-ring (bicyclic) bond motifs is 2. The molecule has 5 rings (SSSR count). The van der Waals surface area contributed by atoms with Gasteiger partial charge >= 0.3 is 0 Å². The Kier molecular flexibility index (Phi) is 4.90. The lowest BCUT2D eigenvalue weighted by atomic mass is 10.2. The molecule has 3 heterocycles. The van der Waals surface area contributed by atoms with Crippen LogP contribution in [0.3, 0.4) is 0 Å². The molecule has 32 heavy (non-hydrogen) atoms. The van der Waals surface area contributed by atoms with Gasteiger partial charge in [-0.05, 0) is 36.4 Å². The van der Waals surface area contributed by atoms with Crippen LogP contribution in [0.1, 0.15) is 16.3 Å². The smallest absolute Gasteiger partial charge is 0.295 e. The third-order valence-corrected chi connectivity index (χ3v) is 7.02. The van der Waals surface area contributed by atoms with Crippen molar-refractivity contribution in [2.24, 2.45) is 0 Å². The van der Waals surface area contributed by atoms with Crippen LogP contribution in [0.2, 0.25) is 0 Å². The highest BCUT2D eigenvalue weighted by atomic mass is 32.2. The fraction of sp³-hybridized carbons (Fsp3) is 0.174. The largest absolute Gasteiger partial charge is 0.455 e. The van der Waals surface area contributed by atoms with Crippen LogP contribution in [-0.2, 0) is 15.6 Å². The van der Waals surface area contributed by atoms with Crippen molar-refractivity contribution in [2.75, 3.05) is 29.9 Å². The summed E-state index contributed by atoms with van der Waals surface area (Å²) in [6, 6.07) is 18.7. The third kappa shape index (κ3) is 3.60. The number of amides is 1. The molecule has 0 spiro atoms. The van der Waals surface area contributed by atoms with Crippen molar-refractivity contribution in [2.45, 2.75) is 10.6 Å². The van der Waals surface area contributed by atoms with Crippen LogP contribution in [0.5, 0.6) is 0 Å². The van der Waals surface area contributed by atoms with Gasteiger partial charge in [-0.2, -0.15) is 0 Å². The predicted octanol–water partition coefficient (Wildman–Crippen LogP) is 3.29. The SMILES string of the molecule is CN1CCN(C(=O)c2ccc(CS(=O)(=O)c3ccccc3)o2)c2nc3ccccc3nc21. The summed E-state index contributed by atoms with van der Waals surface area (Å²) in [7, 11) is -1.67. The second kappa shape index (κ2) is 7.76. The molecule has 0 aliphatic carbocycles. The number of aromatic nitrogens is 2. The van der Waals surface area contributed by atoms with Crippen LogP contribution in [0.15, 0.2) is 76.0 Å². The molecule has 9 heteroatoms. The Morgan fingerprint density at radius 1 is 0.906 bits per heavy atom. The van der Waals surface area contributed by atoms with Gasteiger partial charge < -0.3 is 9.32 Å². The second-order valence-electron chi connectivity index (χ2n) is 7.58. The minimum atomic E-state index is -3.58. The van der Waals surface area contributed by atoms with Crippen LogP contribution in [0.25, 0.3) is 11.0 Å². The van der Waals surface area contributed by atoms with Gasteiger partial charge in [0.2, 0.25) is 0 Å². The van der Waals surface area contributed by atoms with Gasteiger partial charge in [-0.1, -0.05) is 30.3 Å². The first-order chi connectivity index (χ1) is 15.4. The zero-order valence-electron chi connectivity index (χ0n) is 17.3. The van der Waals surface area contributed by atoms with E-state index >= 15 is 0 Å². The Bertz CT molecular complexity index is 1420. The van der Waals surface area contributed by atoms with E-state index in [0.29, 0.717) is 30.2 Å². The minimum Gasteiger partial charge on any atom is -0.455 e. The number of carbonyl (C=O) groups is 1. The molecule has 0 saturated carbocycles. The number of hydrogen-bond donors (Lipinski definition) is 0. The highest BCUT2D eigenvalue weighted by Gasteiger charge is 2.31. The van der Waals surface area contributed by atoms with Gasteiger partial charge in [-0.25, -0.2) is 18.4 Å². The number of sulfone groups is 1. The lowest BCUT2D eigenvalue weighted by Gasteiger charge is -2.33. The number of carbonyl (C=O) groups excluding carboxylic acids is 1. The lowest BCUT2D eigenvalue weighted by molar-refractivity contribution is 0.0957. The van der Waals surface area contributed by atoms with E-state index in [1.807, 2.05) is 36.2 Å². The molecule has 0 radical (unpaired) electrons. The maximum absolute atomic E-state index is 13.3. The second-order valence-corrected chi connectivity index (χ2v) is 9.57. The zero-order valence-corrected chi connectivity index (χ0v) is 18.1. The van der Waals surface area contributed by atoms with E-state index in [1.54, 1.807) is 18.2 Å². The van der Waals surface area contributed by atoms with E-state index in [4.69, 9.17) is 4.42 Å². The summed E-state index contributed by atoms with van der Waals surface area (Å²) >= 11 is 0. The number of hydrogen-bond acceptors (Lipinski definition) is 7. The predicted molar refractivity (Wildman–Crippen MR) is 121 cm³/mol.